The van der Waals surface area contributed by atoms with Crippen molar-refractivity contribution in [1.29, 1.82) is 0 Å². The van der Waals surface area contributed by atoms with E-state index in [1.807, 2.05) is 24.3 Å². The summed E-state index contributed by atoms with van der Waals surface area (Å²) in [7, 11) is 1.70. The van der Waals surface area contributed by atoms with Crippen LogP contribution in [0.2, 0.25) is 0 Å². The summed E-state index contributed by atoms with van der Waals surface area (Å²) in [6.45, 7) is 0. The van der Waals surface area contributed by atoms with Crippen molar-refractivity contribution in [3.05, 3.63) is 40.5 Å². The molecule has 1 aliphatic rings. The number of anilines is 2. The highest BCUT2D eigenvalue weighted by Gasteiger charge is 2.37. The third kappa shape index (κ3) is 4.05. The molecule has 0 N–H and O–H groups in total. The van der Waals surface area contributed by atoms with Gasteiger partial charge in [0.2, 0.25) is 11.8 Å². The van der Waals surface area contributed by atoms with Gasteiger partial charge >= 0.3 is 6.18 Å². The second kappa shape index (κ2) is 7.19. The Morgan fingerprint density at radius 2 is 1.88 bits per heavy atom. The van der Waals surface area contributed by atoms with Crippen molar-refractivity contribution < 1.29 is 17.9 Å². The van der Waals surface area contributed by atoms with Gasteiger partial charge in [-0.15, -0.1) is 0 Å². The van der Waals surface area contributed by atoms with Gasteiger partial charge in [-0.1, -0.05) is 12.1 Å². The lowest BCUT2D eigenvalue weighted by molar-refractivity contribution is -0.139. The van der Waals surface area contributed by atoms with E-state index in [4.69, 9.17) is 4.74 Å². The Morgan fingerprint density at radius 3 is 2.52 bits per heavy atom. The molecular formula is C17H17BrF3N3O. The lowest BCUT2D eigenvalue weighted by atomic mass is 10.3. The molecule has 25 heavy (non-hydrogen) atoms. The van der Waals surface area contributed by atoms with Crippen molar-refractivity contribution in [2.45, 2.75) is 38.0 Å². The fourth-order valence-electron chi connectivity index (χ4n) is 2.80. The van der Waals surface area contributed by atoms with Crippen LogP contribution in [0.15, 0.2) is 34.9 Å². The molecule has 0 aliphatic heterocycles. The Balaban J connectivity index is 1.96. The highest BCUT2D eigenvalue weighted by atomic mass is 79.9. The van der Waals surface area contributed by atoms with E-state index in [9.17, 15) is 13.2 Å². The second-order valence-electron chi connectivity index (χ2n) is 5.92. The van der Waals surface area contributed by atoms with E-state index in [1.54, 1.807) is 11.9 Å². The minimum atomic E-state index is -4.56. The first-order valence-corrected chi connectivity index (χ1v) is 8.74. The van der Waals surface area contributed by atoms with Gasteiger partial charge in [0.15, 0.2) is 0 Å². The third-order valence-corrected chi connectivity index (χ3v) is 4.81. The van der Waals surface area contributed by atoms with Gasteiger partial charge in [-0.2, -0.15) is 18.2 Å². The maximum absolute atomic E-state index is 13.3. The molecule has 1 fully saturated rings. The summed E-state index contributed by atoms with van der Waals surface area (Å²) in [5.74, 6) is -0.254. The van der Waals surface area contributed by atoms with Gasteiger partial charge in [-0.25, -0.2) is 4.98 Å². The molecule has 0 saturated heterocycles. The summed E-state index contributed by atoms with van der Waals surface area (Å²) in [5.41, 5.74) is -0.197. The predicted octanol–water partition coefficient (Wildman–Crippen LogP) is 5.35. The molecule has 1 saturated carbocycles. The molecule has 1 heterocycles. The number of benzene rings is 1. The summed E-state index contributed by atoms with van der Waals surface area (Å²) < 4.78 is 46.2. The van der Waals surface area contributed by atoms with Crippen LogP contribution in [0, 0.1) is 0 Å². The van der Waals surface area contributed by atoms with Crippen LogP contribution in [-0.4, -0.2) is 23.1 Å². The second-order valence-corrected chi connectivity index (χ2v) is 6.78. The van der Waals surface area contributed by atoms with Crippen molar-refractivity contribution in [2.24, 2.45) is 0 Å². The SMILES string of the molecule is CN(c1ncc(C(F)(F)F)c(OC2CCCC2)n1)c1ccccc1Br. The number of nitrogens with zero attached hydrogens (tertiary/aromatic N) is 3. The zero-order valence-electron chi connectivity index (χ0n) is 13.6. The maximum atomic E-state index is 13.3. The highest BCUT2D eigenvalue weighted by molar-refractivity contribution is 9.10. The molecule has 0 bridgehead atoms. The Hall–Kier alpha value is -1.83. The van der Waals surface area contributed by atoms with E-state index in [0.29, 0.717) is 0 Å². The fraction of sp³-hybridized carbons (Fsp3) is 0.412. The minimum absolute atomic E-state index is 0.146. The first kappa shape index (κ1) is 18.0. The zero-order chi connectivity index (χ0) is 18.0. The van der Waals surface area contributed by atoms with Crippen molar-refractivity contribution >= 4 is 27.6 Å². The maximum Gasteiger partial charge on any atom is 0.423 e. The van der Waals surface area contributed by atoms with Crippen LogP contribution in [0.5, 0.6) is 5.88 Å². The Labute approximate surface area is 152 Å². The Kier molecular flexibility index (Phi) is 5.17. The predicted molar refractivity (Wildman–Crippen MR) is 92.1 cm³/mol. The van der Waals surface area contributed by atoms with Crippen molar-refractivity contribution in [1.82, 2.24) is 9.97 Å². The molecule has 0 radical (unpaired) electrons. The highest BCUT2D eigenvalue weighted by Crippen LogP contribution is 2.38. The first-order chi connectivity index (χ1) is 11.9. The van der Waals surface area contributed by atoms with Gasteiger partial charge < -0.3 is 9.64 Å². The number of hydrogen-bond acceptors (Lipinski definition) is 4. The van der Waals surface area contributed by atoms with E-state index < -0.39 is 17.6 Å². The van der Waals surface area contributed by atoms with E-state index >= 15 is 0 Å². The molecule has 8 heteroatoms. The molecule has 1 aromatic carbocycles. The quantitative estimate of drug-likeness (QED) is 0.674. The fourth-order valence-corrected chi connectivity index (χ4v) is 3.35. The standard InChI is InChI=1S/C17H17BrF3N3O/c1-24(14-9-5-4-8-13(14)18)16-22-10-12(17(19,20)21)15(23-16)25-11-6-2-3-7-11/h4-5,8-11H,2-3,6-7H2,1H3. The lowest BCUT2D eigenvalue weighted by Gasteiger charge is -2.22. The average Bonchev–Trinajstić information content (AvgIpc) is 3.06. The number of halogens is 4. The molecule has 134 valence electrons. The normalized spacial score (nSPS) is 15.4. The van der Waals surface area contributed by atoms with Crippen LogP contribution in [0.1, 0.15) is 31.2 Å². The summed E-state index contributed by atoms with van der Waals surface area (Å²) in [6, 6.07) is 7.34. The van der Waals surface area contributed by atoms with Gasteiger partial charge in [0.25, 0.3) is 0 Å². The number of ether oxygens (including phenoxy) is 1. The number of rotatable bonds is 4. The van der Waals surface area contributed by atoms with Crippen LogP contribution in [0.4, 0.5) is 24.8 Å². The molecule has 3 rings (SSSR count). The Bertz CT molecular complexity index is 748. The first-order valence-electron chi connectivity index (χ1n) is 7.95. The number of hydrogen-bond donors (Lipinski definition) is 0. The number of aromatic nitrogens is 2. The van der Waals surface area contributed by atoms with Crippen LogP contribution in [-0.2, 0) is 6.18 Å². The van der Waals surface area contributed by atoms with Crippen molar-refractivity contribution in [3.8, 4) is 5.88 Å². The van der Waals surface area contributed by atoms with Crippen LogP contribution in [0.3, 0.4) is 0 Å². The summed E-state index contributed by atoms with van der Waals surface area (Å²) in [4.78, 5) is 9.58. The molecule has 0 unspecified atom stereocenters. The van der Waals surface area contributed by atoms with E-state index in [1.165, 1.54) is 0 Å². The molecular weight excluding hydrogens is 399 g/mol. The molecule has 0 atom stereocenters. The van der Waals surface area contributed by atoms with Gasteiger partial charge in [0, 0.05) is 17.7 Å². The zero-order valence-corrected chi connectivity index (χ0v) is 15.1. The van der Waals surface area contributed by atoms with Crippen LogP contribution >= 0.6 is 15.9 Å². The molecule has 2 aromatic rings. The van der Waals surface area contributed by atoms with Gasteiger partial charge in [0.05, 0.1) is 5.69 Å². The van der Waals surface area contributed by atoms with Crippen molar-refractivity contribution in [3.63, 3.8) is 0 Å². The van der Waals surface area contributed by atoms with Crippen molar-refractivity contribution in [2.75, 3.05) is 11.9 Å². The topological polar surface area (TPSA) is 38.2 Å². The van der Waals surface area contributed by atoms with E-state index in [2.05, 4.69) is 25.9 Å². The van der Waals surface area contributed by atoms with Crippen LogP contribution < -0.4 is 9.64 Å². The minimum Gasteiger partial charge on any atom is -0.474 e. The van der Waals surface area contributed by atoms with E-state index in [-0.39, 0.29) is 12.1 Å². The monoisotopic (exact) mass is 415 g/mol. The summed E-state index contributed by atoms with van der Waals surface area (Å²) in [6.07, 6.45) is -0.578. The summed E-state index contributed by atoms with van der Waals surface area (Å²) >= 11 is 3.42. The average molecular weight is 416 g/mol. The molecule has 1 aliphatic carbocycles. The summed E-state index contributed by atoms with van der Waals surface area (Å²) in [5, 5.41) is 0. The smallest absolute Gasteiger partial charge is 0.423 e. The van der Waals surface area contributed by atoms with Gasteiger partial charge in [-0.3, -0.25) is 0 Å². The molecule has 0 amide bonds. The largest absolute Gasteiger partial charge is 0.474 e. The number of alkyl halides is 3. The molecule has 1 aromatic heterocycles. The molecule has 0 spiro atoms. The van der Waals surface area contributed by atoms with Gasteiger partial charge in [-0.05, 0) is 53.7 Å². The van der Waals surface area contributed by atoms with Crippen LogP contribution in [0.25, 0.3) is 0 Å². The number of para-hydroxylation sites is 1. The molecule has 4 nitrogen and oxygen atoms in total. The lowest BCUT2D eigenvalue weighted by Crippen LogP contribution is -2.20. The third-order valence-electron chi connectivity index (χ3n) is 4.14. The Morgan fingerprint density at radius 1 is 1.20 bits per heavy atom. The van der Waals surface area contributed by atoms with E-state index in [0.717, 1.165) is 42.0 Å². The van der Waals surface area contributed by atoms with Gasteiger partial charge in [0.1, 0.15) is 11.7 Å².